The van der Waals surface area contributed by atoms with Crippen LogP contribution < -0.4 is 5.32 Å². The van der Waals surface area contributed by atoms with Gasteiger partial charge >= 0.3 is 5.97 Å². The van der Waals surface area contributed by atoms with Crippen LogP contribution >= 0.6 is 0 Å². The molecule has 1 atom stereocenters. The van der Waals surface area contributed by atoms with E-state index in [-0.39, 0.29) is 18.6 Å². The van der Waals surface area contributed by atoms with Crippen LogP contribution in [0, 0.1) is 0 Å². The third kappa shape index (κ3) is 4.01. The van der Waals surface area contributed by atoms with Crippen molar-refractivity contribution in [1.29, 1.82) is 0 Å². The van der Waals surface area contributed by atoms with E-state index in [1.165, 1.54) is 0 Å². The second-order valence-electron chi connectivity index (χ2n) is 5.28. The zero-order valence-corrected chi connectivity index (χ0v) is 12.5. The zero-order chi connectivity index (χ0) is 16.1. The van der Waals surface area contributed by atoms with E-state index in [9.17, 15) is 9.59 Å². The lowest BCUT2D eigenvalue weighted by atomic mass is 10.2. The summed E-state index contributed by atoms with van der Waals surface area (Å²) in [6.45, 7) is 0.867. The van der Waals surface area contributed by atoms with Crippen LogP contribution in [-0.2, 0) is 14.3 Å². The molecule has 7 nitrogen and oxygen atoms in total. The van der Waals surface area contributed by atoms with Crippen molar-refractivity contribution in [1.82, 2.24) is 15.3 Å². The van der Waals surface area contributed by atoms with Crippen molar-refractivity contribution < 1.29 is 19.1 Å². The van der Waals surface area contributed by atoms with Crippen LogP contribution in [0.25, 0.3) is 11.0 Å². The molecule has 1 aromatic carbocycles. The van der Waals surface area contributed by atoms with Crippen molar-refractivity contribution in [2.45, 2.75) is 18.9 Å². The number of carbonyl (C=O) groups is 2. The van der Waals surface area contributed by atoms with Gasteiger partial charge in [-0.15, -0.1) is 0 Å². The van der Waals surface area contributed by atoms with Crippen LogP contribution in [0.2, 0.25) is 0 Å². The van der Waals surface area contributed by atoms with Crippen LogP contribution in [0.1, 0.15) is 23.2 Å². The summed E-state index contributed by atoms with van der Waals surface area (Å²) in [6.07, 6.45) is 5.15. The molecule has 0 spiro atoms. The number of aromatic nitrogens is 2. The molecule has 0 radical (unpaired) electrons. The van der Waals surface area contributed by atoms with E-state index in [2.05, 4.69) is 15.3 Å². The Morgan fingerprint density at radius 1 is 1.26 bits per heavy atom. The fourth-order valence-electron chi connectivity index (χ4n) is 2.39. The van der Waals surface area contributed by atoms with Gasteiger partial charge in [0.15, 0.2) is 6.61 Å². The molecular weight excluding hydrogens is 298 g/mol. The average Bonchev–Trinajstić information content (AvgIpc) is 3.11. The number of hydrogen-bond acceptors (Lipinski definition) is 6. The van der Waals surface area contributed by atoms with E-state index < -0.39 is 5.97 Å². The highest BCUT2D eigenvalue weighted by Gasteiger charge is 2.17. The van der Waals surface area contributed by atoms with E-state index in [0.29, 0.717) is 23.1 Å². The summed E-state index contributed by atoms with van der Waals surface area (Å²) in [4.78, 5) is 31.9. The minimum Gasteiger partial charge on any atom is -0.452 e. The van der Waals surface area contributed by atoms with E-state index in [1.54, 1.807) is 30.6 Å². The van der Waals surface area contributed by atoms with Crippen LogP contribution in [0.5, 0.6) is 0 Å². The standard InChI is InChI=1S/C16H17N3O4/c20-15(19-9-12-2-1-7-22-12)10-23-16(21)11-3-4-13-14(8-11)18-6-5-17-13/h3-6,8,12H,1-2,7,9-10H2,(H,19,20)/t12-/m1/s1. The van der Waals surface area contributed by atoms with E-state index in [1.807, 2.05) is 0 Å². The molecule has 0 bridgehead atoms. The lowest BCUT2D eigenvalue weighted by molar-refractivity contribution is -0.124. The Labute approximate surface area is 133 Å². The third-order valence-electron chi connectivity index (χ3n) is 3.59. The molecule has 1 aromatic heterocycles. The fourth-order valence-corrected chi connectivity index (χ4v) is 2.39. The maximum absolute atomic E-state index is 12.0. The number of fused-ring (bicyclic) bond motifs is 1. The van der Waals surface area contributed by atoms with E-state index in [4.69, 9.17) is 9.47 Å². The number of amides is 1. The van der Waals surface area contributed by atoms with Crippen LogP contribution in [0.15, 0.2) is 30.6 Å². The Morgan fingerprint density at radius 2 is 2.09 bits per heavy atom. The minimum absolute atomic E-state index is 0.0636. The first kappa shape index (κ1) is 15.4. The Bertz CT molecular complexity index is 713. The number of nitrogens with zero attached hydrogens (tertiary/aromatic N) is 2. The molecule has 1 saturated heterocycles. The maximum Gasteiger partial charge on any atom is 0.338 e. The summed E-state index contributed by atoms with van der Waals surface area (Å²) in [5.74, 6) is -0.903. The number of rotatable bonds is 5. The topological polar surface area (TPSA) is 90.4 Å². The highest BCUT2D eigenvalue weighted by Crippen LogP contribution is 2.12. The van der Waals surface area contributed by atoms with Crippen LogP contribution in [-0.4, -0.2) is 47.7 Å². The van der Waals surface area contributed by atoms with Gasteiger partial charge in [0, 0.05) is 25.5 Å². The van der Waals surface area contributed by atoms with Crippen molar-refractivity contribution in [2.75, 3.05) is 19.8 Å². The number of nitrogens with one attached hydrogen (secondary N) is 1. The van der Waals surface area contributed by atoms with Crippen molar-refractivity contribution in [3.05, 3.63) is 36.2 Å². The molecule has 0 unspecified atom stereocenters. The third-order valence-corrected chi connectivity index (χ3v) is 3.59. The number of esters is 1. The van der Waals surface area contributed by atoms with Crippen LogP contribution in [0.4, 0.5) is 0 Å². The predicted molar refractivity (Wildman–Crippen MR) is 81.8 cm³/mol. The first-order valence-electron chi connectivity index (χ1n) is 7.48. The molecule has 23 heavy (non-hydrogen) atoms. The molecule has 2 aromatic rings. The van der Waals surface area contributed by atoms with Crippen molar-refractivity contribution in [3.8, 4) is 0 Å². The highest BCUT2D eigenvalue weighted by molar-refractivity contribution is 5.94. The van der Waals surface area contributed by atoms with Gasteiger partial charge in [0.25, 0.3) is 5.91 Å². The van der Waals surface area contributed by atoms with Gasteiger partial charge < -0.3 is 14.8 Å². The smallest absolute Gasteiger partial charge is 0.338 e. The second kappa shape index (κ2) is 7.15. The first-order valence-corrected chi connectivity index (χ1v) is 7.48. The van der Waals surface area contributed by atoms with Gasteiger partial charge in [-0.2, -0.15) is 0 Å². The maximum atomic E-state index is 12.0. The molecule has 120 valence electrons. The largest absolute Gasteiger partial charge is 0.452 e. The van der Waals surface area contributed by atoms with Gasteiger partial charge in [0.1, 0.15) is 0 Å². The number of carbonyl (C=O) groups excluding carboxylic acids is 2. The van der Waals surface area contributed by atoms with Crippen molar-refractivity contribution >= 4 is 22.9 Å². The summed E-state index contributed by atoms with van der Waals surface area (Å²) in [5.41, 5.74) is 1.63. The molecule has 3 rings (SSSR count). The SMILES string of the molecule is O=C(COC(=O)c1ccc2nccnc2c1)NC[C@H]1CCCO1. The van der Waals surface area contributed by atoms with Gasteiger partial charge in [0.2, 0.25) is 0 Å². The molecule has 1 N–H and O–H groups in total. The number of ether oxygens (including phenoxy) is 2. The predicted octanol–water partition coefficient (Wildman–Crippen LogP) is 1.08. The highest BCUT2D eigenvalue weighted by atomic mass is 16.5. The Morgan fingerprint density at radius 3 is 2.87 bits per heavy atom. The lowest BCUT2D eigenvalue weighted by Crippen LogP contribution is -2.34. The lowest BCUT2D eigenvalue weighted by Gasteiger charge is -2.11. The van der Waals surface area contributed by atoms with Gasteiger partial charge in [-0.3, -0.25) is 14.8 Å². The average molecular weight is 315 g/mol. The number of benzene rings is 1. The normalized spacial score (nSPS) is 17.1. The minimum atomic E-state index is -0.565. The van der Waals surface area contributed by atoms with Crippen LogP contribution in [0.3, 0.4) is 0 Å². The van der Waals surface area contributed by atoms with E-state index in [0.717, 1.165) is 19.4 Å². The Balaban J connectivity index is 1.50. The summed E-state index contributed by atoms with van der Waals surface area (Å²) in [7, 11) is 0. The van der Waals surface area contributed by atoms with Gasteiger partial charge in [0.05, 0.1) is 22.7 Å². The molecular formula is C16H17N3O4. The quantitative estimate of drug-likeness (QED) is 0.830. The first-order chi connectivity index (χ1) is 11.2. The van der Waals surface area contributed by atoms with Gasteiger partial charge in [-0.1, -0.05) is 0 Å². The molecule has 2 heterocycles. The second-order valence-corrected chi connectivity index (χ2v) is 5.28. The summed E-state index contributed by atoms with van der Waals surface area (Å²) in [6, 6.07) is 4.88. The fraction of sp³-hybridized carbons (Fsp3) is 0.375. The molecule has 0 aliphatic carbocycles. The molecule has 1 fully saturated rings. The van der Waals surface area contributed by atoms with Gasteiger partial charge in [-0.25, -0.2) is 4.79 Å². The molecule has 0 saturated carbocycles. The van der Waals surface area contributed by atoms with Gasteiger partial charge in [-0.05, 0) is 31.0 Å². The Hall–Kier alpha value is -2.54. The number of hydrogen-bond donors (Lipinski definition) is 1. The van der Waals surface area contributed by atoms with Crippen molar-refractivity contribution in [2.24, 2.45) is 0 Å². The van der Waals surface area contributed by atoms with E-state index >= 15 is 0 Å². The molecule has 1 amide bonds. The summed E-state index contributed by atoms with van der Waals surface area (Å²) >= 11 is 0. The molecule has 1 aliphatic heterocycles. The molecule has 1 aliphatic rings. The monoisotopic (exact) mass is 315 g/mol. The zero-order valence-electron chi connectivity index (χ0n) is 12.5. The summed E-state index contributed by atoms with van der Waals surface area (Å²) < 4.78 is 10.4. The van der Waals surface area contributed by atoms with Crippen molar-refractivity contribution in [3.63, 3.8) is 0 Å². The summed E-state index contributed by atoms with van der Waals surface area (Å²) in [5, 5.41) is 2.70. The molecule has 7 heteroatoms. The Kier molecular flexibility index (Phi) is 4.77.